The van der Waals surface area contributed by atoms with Gasteiger partial charge in [0.25, 0.3) is 11.6 Å². The summed E-state index contributed by atoms with van der Waals surface area (Å²) in [5, 5.41) is 19.2. The standard InChI is InChI=1S/C10H9N5O3/c1-6-7(3-2-4-8(6)15(17)18)13-10(16)9-11-5-12-14-9/h2-5H,1H3,(H,13,16)(H,11,12,14). The summed E-state index contributed by atoms with van der Waals surface area (Å²) in [6.45, 7) is 1.56. The van der Waals surface area contributed by atoms with Gasteiger partial charge in [-0.25, -0.2) is 4.98 Å². The van der Waals surface area contributed by atoms with Crippen LogP contribution in [0.1, 0.15) is 16.2 Å². The Hall–Kier alpha value is -2.77. The minimum absolute atomic E-state index is 0.0425. The quantitative estimate of drug-likeness (QED) is 0.626. The Morgan fingerprint density at radius 2 is 2.28 bits per heavy atom. The summed E-state index contributed by atoms with van der Waals surface area (Å²) < 4.78 is 0. The van der Waals surface area contributed by atoms with E-state index in [-0.39, 0.29) is 11.5 Å². The fourth-order valence-corrected chi connectivity index (χ4v) is 1.45. The molecule has 2 aromatic rings. The summed E-state index contributed by atoms with van der Waals surface area (Å²) in [7, 11) is 0. The number of hydrogen-bond acceptors (Lipinski definition) is 5. The number of hydrogen-bond donors (Lipinski definition) is 2. The number of carbonyl (C=O) groups is 1. The molecule has 1 amide bonds. The van der Waals surface area contributed by atoms with Crippen LogP contribution in [0.15, 0.2) is 24.5 Å². The summed E-state index contributed by atoms with van der Waals surface area (Å²) in [5.41, 5.74) is 0.700. The van der Waals surface area contributed by atoms with Crippen LogP contribution in [0.2, 0.25) is 0 Å². The fraction of sp³-hybridized carbons (Fsp3) is 0.100. The molecule has 1 heterocycles. The molecule has 2 N–H and O–H groups in total. The molecule has 0 atom stereocenters. The first-order chi connectivity index (χ1) is 8.59. The van der Waals surface area contributed by atoms with Crippen molar-refractivity contribution >= 4 is 17.3 Å². The zero-order valence-corrected chi connectivity index (χ0v) is 9.38. The number of rotatable bonds is 3. The number of aromatic amines is 1. The second kappa shape index (κ2) is 4.62. The summed E-state index contributed by atoms with van der Waals surface area (Å²) in [4.78, 5) is 25.6. The van der Waals surface area contributed by atoms with E-state index < -0.39 is 10.8 Å². The van der Waals surface area contributed by atoms with Crippen LogP contribution in [0.4, 0.5) is 11.4 Å². The minimum Gasteiger partial charge on any atom is -0.319 e. The smallest absolute Gasteiger partial charge is 0.292 e. The van der Waals surface area contributed by atoms with Gasteiger partial charge in [0, 0.05) is 6.07 Å². The second-order valence-electron chi connectivity index (χ2n) is 3.50. The molecule has 0 saturated heterocycles. The average molecular weight is 247 g/mol. The zero-order valence-electron chi connectivity index (χ0n) is 9.38. The van der Waals surface area contributed by atoms with Crippen LogP contribution in [0.3, 0.4) is 0 Å². The van der Waals surface area contributed by atoms with E-state index in [0.717, 1.165) is 0 Å². The van der Waals surface area contributed by atoms with Crippen molar-refractivity contribution in [2.75, 3.05) is 5.32 Å². The molecule has 0 aliphatic rings. The van der Waals surface area contributed by atoms with Crippen molar-refractivity contribution in [2.24, 2.45) is 0 Å². The first kappa shape index (κ1) is 11.7. The number of H-pyrrole nitrogens is 1. The van der Waals surface area contributed by atoms with Gasteiger partial charge in [0.2, 0.25) is 5.82 Å². The van der Waals surface area contributed by atoms with Gasteiger partial charge in [0.15, 0.2) is 0 Å². The van der Waals surface area contributed by atoms with E-state index in [9.17, 15) is 14.9 Å². The lowest BCUT2D eigenvalue weighted by Gasteiger charge is -2.06. The third-order valence-electron chi connectivity index (χ3n) is 2.38. The van der Waals surface area contributed by atoms with Gasteiger partial charge in [-0.05, 0) is 13.0 Å². The molecule has 0 unspecified atom stereocenters. The maximum absolute atomic E-state index is 11.7. The molecule has 18 heavy (non-hydrogen) atoms. The Balaban J connectivity index is 2.27. The van der Waals surface area contributed by atoms with Gasteiger partial charge in [-0.15, -0.1) is 0 Å². The van der Waals surface area contributed by atoms with E-state index in [4.69, 9.17) is 0 Å². The van der Waals surface area contributed by atoms with Gasteiger partial charge < -0.3 is 5.32 Å². The van der Waals surface area contributed by atoms with E-state index in [1.807, 2.05) is 0 Å². The molecule has 0 aliphatic carbocycles. The molecule has 0 aliphatic heterocycles. The highest BCUT2D eigenvalue weighted by molar-refractivity contribution is 6.02. The molecule has 0 spiro atoms. The number of nitro groups is 1. The molecule has 8 heteroatoms. The van der Waals surface area contributed by atoms with Gasteiger partial charge >= 0.3 is 0 Å². The summed E-state index contributed by atoms with van der Waals surface area (Å²) in [5.74, 6) is -0.461. The molecular formula is C10H9N5O3. The van der Waals surface area contributed by atoms with Crippen LogP contribution in [-0.2, 0) is 0 Å². The largest absolute Gasteiger partial charge is 0.319 e. The van der Waals surface area contributed by atoms with Gasteiger partial charge in [0.05, 0.1) is 16.2 Å². The van der Waals surface area contributed by atoms with E-state index >= 15 is 0 Å². The van der Waals surface area contributed by atoms with Gasteiger partial charge in [-0.3, -0.25) is 20.0 Å². The first-order valence-electron chi connectivity index (χ1n) is 5.00. The molecule has 0 fully saturated rings. The molecule has 1 aromatic carbocycles. The molecule has 0 radical (unpaired) electrons. The highest BCUT2D eigenvalue weighted by Gasteiger charge is 2.16. The lowest BCUT2D eigenvalue weighted by molar-refractivity contribution is -0.385. The van der Waals surface area contributed by atoms with Crippen molar-refractivity contribution in [3.05, 3.63) is 46.0 Å². The Kier molecular flexibility index (Phi) is 3.00. The van der Waals surface area contributed by atoms with Crippen molar-refractivity contribution in [2.45, 2.75) is 6.92 Å². The average Bonchev–Trinajstić information content (AvgIpc) is 2.85. The number of nitro benzene ring substituents is 1. The molecule has 2 rings (SSSR count). The first-order valence-corrected chi connectivity index (χ1v) is 5.00. The SMILES string of the molecule is Cc1c(NC(=O)c2ncn[nH]2)cccc1[N+](=O)[O-]. The van der Waals surface area contributed by atoms with Gasteiger partial charge in [-0.1, -0.05) is 6.07 Å². The van der Waals surface area contributed by atoms with E-state index in [0.29, 0.717) is 11.3 Å². The second-order valence-corrected chi connectivity index (χ2v) is 3.50. The van der Waals surface area contributed by atoms with Crippen molar-refractivity contribution < 1.29 is 9.72 Å². The van der Waals surface area contributed by atoms with Crippen LogP contribution in [0.5, 0.6) is 0 Å². The monoisotopic (exact) mass is 247 g/mol. The van der Waals surface area contributed by atoms with E-state index in [1.54, 1.807) is 13.0 Å². The van der Waals surface area contributed by atoms with Crippen molar-refractivity contribution in [1.29, 1.82) is 0 Å². The Morgan fingerprint density at radius 1 is 1.50 bits per heavy atom. The molecule has 0 bridgehead atoms. The fourth-order valence-electron chi connectivity index (χ4n) is 1.45. The molecule has 92 valence electrons. The molecule has 0 saturated carbocycles. The lowest BCUT2D eigenvalue weighted by atomic mass is 10.1. The molecule has 8 nitrogen and oxygen atoms in total. The van der Waals surface area contributed by atoms with Gasteiger partial charge in [-0.2, -0.15) is 5.10 Å². The maximum atomic E-state index is 11.7. The minimum atomic E-state index is -0.504. The topological polar surface area (TPSA) is 114 Å². The van der Waals surface area contributed by atoms with Crippen LogP contribution in [-0.4, -0.2) is 26.0 Å². The third-order valence-corrected chi connectivity index (χ3v) is 2.38. The number of amides is 1. The molecular weight excluding hydrogens is 238 g/mol. The van der Waals surface area contributed by atoms with Crippen molar-refractivity contribution in [3.8, 4) is 0 Å². The van der Waals surface area contributed by atoms with Crippen molar-refractivity contribution in [1.82, 2.24) is 15.2 Å². The summed E-state index contributed by atoms with van der Waals surface area (Å²) in [6, 6.07) is 4.46. The van der Waals surface area contributed by atoms with E-state index in [1.165, 1.54) is 18.5 Å². The number of aromatic nitrogens is 3. The predicted molar refractivity (Wildman–Crippen MR) is 62.2 cm³/mol. The Morgan fingerprint density at radius 3 is 2.89 bits per heavy atom. The van der Waals surface area contributed by atoms with Crippen LogP contribution in [0, 0.1) is 17.0 Å². The summed E-state index contributed by atoms with van der Waals surface area (Å²) >= 11 is 0. The van der Waals surface area contributed by atoms with E-state index in [2.05, 4.69) is 20.5 Å². The Bertz CT molecular complexity index is 594. The Labute approximate surface area is 101 Å². The normalized spacial score (nSPS) is 10.1. The number of benzene rings is 1. The maximum Gasteiger partial charge on any atom is 0.292 e. The number of anilines is 1. The number of nitrogens with zero attached hydrogens (tertiary/aromatic N) is 3. The third kappa shape index (κ3) is 2.17. The van der Waals surface area contributed by atoms with Gasteiger partial charge in [0.1, 0.15) is 6.33 Å². The molecule has 1 aromatic heterocycles. The highest BCUT2D eigenvalue weighted by atomic mass is 16.6. The van der Waals surface area contributed by atoms with Crippen LogP contribution >= 0.6 is 0 Å². The highest BCUT2D eigenvalue weighted by Crippen LogP contribution is 2.25. The van der Waals surface area contributed by atoms with Crippen LogP contribution < -0.4 is 5.32 Å². The summed E-state index contributed by atoms with van der Waals surface area (Å²) in [6.07, 6.45) is 1.20. The lowest BCUT2D eigenvalue weighted by Crippen LogP contribution is -2.14. The van der Waals surface area contributed by atoms with Crippen LogP contribution in [0.25, 0.3) is 0 Å². The number of carbonyl (C=O) groups excluding carboxylic acids is 1. The van der Waals surface area contributed by atoms with Crippen molar-refractivity contribution in [3.63, 3.8) is 0 Å². The number of nitrogens with one attached hydrogen (secondary N) is 2. The zero-order chi connectivity index (χ0) is 13.1. The predicted octanol–water partition coefficient (Wildman–Crippen LogP) is 1.27.